The summed E-state index contributed by atoms with van der Waals surface area (Å²) in [4.78, 5) is 1.17. The van der Waals surface area contributed by atoms with E-state index in [0.29, 0.717) is 37.0 Å². The minimum Gasteiger partial charge on any atom is -0.487 e. The van der Waals surface area contributed by atoms with Gasteiger partial charge in [0.1, 0.15) is 11.4 Å². The fourth-order valence-corrected chi connectivity index (χ4v) is 6.67. The van der Waals surface area contributed by atoms with Gasteiger partial charge in [-0.25, -0.2) is 8.42 Å². The average Bonchev–Trinajstić information content (AvgIpc) is 2.96. The largest absolute Gasteiger partial charge is 0.487 e. The molecular formula is C31H37NO3S. The van der Waals surface area contributed by atoms with Crippen molar-refractivity contribution in [1.82, 2.24) is 4.90 Å². The summed E-state index contributed by atoms with van der Waals surface area (Å²) < 4.78 is 104. The van der Waals surface area contributed by atoms with Crippen LogP contribution in [-0.4, -0.2) is 38.5 Å². The quantitative estimate of drug-likeness (QED) is 0.374. The molecule has 0 atom stereocenters. The first kappa shape index (κ1) is 16.3. The predicted octanol–water partition coefficient (Wildman–Crippen LogP) is 6.28. The highest BCUT2D eigenvalue weighted by molar-refractivity contribution is 7.89. The number of benzene rings is 3. The highest BCUT2D eigenvalue weighted by Gasteiger charge is 2.39. The van der Waals surface area contributed by atoms with E-state index in [1.165, 1.54) is 4.90 Å². The molecule has 36 heavy (non-hydrogen) atoms. The maximum Gasteiger partial charge on any atom is 0.158 e. The second kappa shape index (κ2) is 10.4. The van der Waals surface area contributed by atoms with Gasteiger partial charge in [0, 0.05) is 31.9 Å². The molecule has 5 heteroatoms. The molecule has 0 aliphatic carbocycles. The molecule has 2 heterocycles. The van der Waals surface area contributed by atoms with Crippen LogP contribution in [0.3, 0.4) is 0 Å². The van der Waals surface area contributed by atoms with Gasteiger partial charge < -0.3 is 9.64 Å². The Bertz CT molecular complexity index is 1600. The van der Waals surface area contributed by atoms with Crippen LogP contribution in [0.15, 0.2) is 72.8 Å². The summed E-state index contributed by atoms with van der Waals surface area (Å²) >= 11 is 0. The van der Waals surface area contributed by atoms with Crippen LogP contribution in [0.25, 0.3) is 11.1 Å². The van der Waals surface area contributed by atoms with Crippen molar-refractivity contribution < 1.29 is 25.5 Å². The van der Waals surface area contributed by atoms with Gasteiger partial charge in [-0.05, 0) is 71.5 Å². The topological polar surface area (TPSA) is 46.6 Å². The maximum absolute atomic E-state index is 12.7. The maximum atomic E-state index is 12.7. The van der Waals surface area contributed by atoms with Crippen molar-refractivity contribution >= 4 is 9.84 Å². The molecule has 4 nitrogen and oxygen atoms in total. The Balaban J connectivity index is 1.24. The monoisotopic (exact) mass is 512 g/mol. The molecule has 0 bridgehead atoms. The normalized spacial score (nSPS) is 22.7. The number of hydrogen-bond donors (Lipinski definition) is 0. The first-order chi connectivity index (χ1) is 20.9. The molecule has 0 saturated carbocycles. The van der Waals surface area contributed by atoms with Crippen molar-refractivity contribution in [2.75, 3.05) is 19.6 Å². The molecule has 2 aliphatic heterocycles. The Labute approximate surface area is 228 Å². The van der Waals surface area contributed by atoms with Crippen molar-refractivity contribution in [3.8, 4) is 16.9 Å². The fraction of sp³-hybridized carbons (Fsp3) is 0.419. The predicted molar refractivity (Wildman–Crippen MR) is 147 cm³/mol. The number of rotatable bonds is 7. The third kappa shape index (κ3) is 6.01. The van der Waals surface area contributed by atoms with E-state index in [0.717, 1.165) is 22.3 Å². The molecule has 0 aromatic heterocycles. The van der Waals surface area contributed by atoms with Gasteiger partial charge >= 0.3 is 0 Å². The second-order valence-electron chi connectivity index (χ2n) is 9.80. The Morgan fingerprint density at radius 1 is 0.944 bits per heavy atom. The van der Waals surface area contributed by atoms with Crippen LogP contribution in [0.5, 0.6) is 5.75 Å². The molecule has 1 fully saturated rings. The number of fused-ring (bicyclic) bond motifs is 1. The molecule has 2 aliphatic rings. The second-order valence-corrected chi connectivity index (χ2v) is 11.9. The van der Waals surface area contributed by atoms with Gasteiger partial charge in [-0.1, -0.05) is 74.4 Å². The molecule has 3 aromatic carbocycles. The van der Waals surface area contributed by atoms with Crippen LogP contribution in [0.2, 0.25) is 0 Å². The van der Waals surface area contributed by atoms with Crippen LogP contribution >= 0.6 is 0 Å². The highest BCUT2D eigenvalue weighted by Crippen LogP contribution is 2.41. The van der Waals surface area contributed by atoms with Crippen molar-refractivity contribution in [3.05, 3.63) is 89.5 Å². The van der Waals surface area contributed by atoms with E-state index in [1.54, 1.807) is 12.1 Å². The Kier molecular flexibility index (Phi) is 4.69. The summed E-state index contributed by atoms with van der Waals surface area (Å²) in [7, 11) is -3.32. The Morgan fingerprint density at radius 3 is 2.31 bits per heavy atom. The minimum atomic E-state index is -3.37. The number of nitrogens with zero attached hydrogens (tertiary/aromatic N) is 1. The van der Waals surface area contributed by atoms with Crippen molar-refractivity contribution in [2.24, 2.45) is 5.89 Å². The minimum absolute atomic E-state index is 0.0114. The summed E-state index contributed by atoms with van der Waals surface area (Å²) in [6.07, 6.45) is 2.09. The number of ether oxygens (including phenoxy) is 1. The van der Waals surface area contributed by atoms with E-state index < -0.39 is 41.5 Å². The molecular weight excluding hydrogens is 466 g/mol. The van der Waals surface area contributed by atoms with Crippen LogP contribution in [0.1, 0.15) is 62.0 Å². The molecule has 3 aromatic rings. The van der Waals surface area contributed by atoms with Crippen molar-refractivity contribution in [2.45, 2.75) is 56.5 Å². The molecule has 1 saturated heterocycles. The highest BCUT2D eigenvalue weighted by atomic mass is 32.2. The SMILES string of the molecule is [2H]C([2H])([2H])C([2H])(C([2H])([2H])[2H])C([2H])([2H])N1CCC2(CCc3cc(-c4ccc(CS(=O)(=O)Cc5ccccc5)cc4)ccc3O2)CC1. The molecule has 0 unspecified atom stereocenters. The van der Waals surface area contributed by atoms with Gasteiger partial charge in [-0.3, -0.25) is 0 Å². The third-order valence-corrected chi connectivity index (χ3v) is 8.63. The molecule has 0 radical (unpaired) electrons. The zero-order chi connectivity index (χ0) is 32.9. The van der Waals surface area contributed by atoms with Crippen LogP contribution in [-0.2, 0) is 27.8 Å². The van der Waals surface area contributed by atoms with Gasteiger partial charge in [0.15, 0.2) is 9.84 Å². The fourth-order valence-electron chi connectivity index (χ4n) is 5.16. The van der Waals surface area contributed by atoms with E-state index >= 15 is 0 Å². The zero-order valence-electron chi connectivity index (χ0n) is 29.2. The van der Waals surface area contributed by atoms with Gasteiger partial charge in [0.2, 0.25) is 0 Å². The van der Waals surface area contributed by atoms with Gasteiger partial charge in [-0.2, -0.15) is 0 Å². The first-order valence-corrected chi connectivity index (χ1v) is 14.1. The van der Waals surface area contributed by atoms with E-state index in [2.05, 4.69) is 6.07 Å². The first-order valence-electron chi connectivity index (χ1n) is 16.8. The number of sulfone groups is 1. The molecule has 5 rings (SSSR count). The lowest BCUT2D eigenvalue weighted by molar-refractivity contribution is -0.0166. The molecule has 0 amide bonds. The zero-order valence-corrected chi connectivity index (χ0v) is 21.0. The molecule has 190 valence electrons. The standard InChI is InChI=1S/C31H37NO3S/c1-24(2)21-32-18-16-31(17-19-32)15-14-29-20-28(12-13-30(29)35-31)27-10-8-26(9-11-27)23-36(33,34)22-25-6-4-3-5-7-25/h3-13,20,24H,14-19,21-23H2,1-2H3/i1D3,2D3,21D2,24D. The van der Waals surface area contributed by atoms with E-state index in [1.807, 2.05) is 54.6 Å². The number of aryl methyl sites for hydroxylation is 1. The van der Waals surface area contributed by atoms with Gasteiger partial charge in [0.25, 0.3) is 0 Å². The smallest absolute Gasteiger partial charge is 0.158 e. The molecule has 1 spiro atoms. The summed E-state index contributed by atoms with van der Waals surface area (Å²) in [5.74, 6) is -2.66. The number of hydrogen-bond acceptors (Lipinski definition) is 4. The lowest BCUT2D eigenvalue weighted by atomic mass is 9.82. The Morgan fingerprint density at radius 2 is 1.61 bits per heavy atom. The Hall–Kier alpha value is -2.63. The number of likely N-dealkylation sites (tertiary alicyclic amines) is 1. The summed E-state index contributed by atoms with van der Waals surface area (Å²) in [5.41, 5.74) is 3.81. The summed E-state index contributed by atoms with van der Waals surface area (Å²) in [6, 6.07) is 22.5. The van der Waals surface area contributed by atoms with Gasteiger partial charge in [0.05, 0.1) is 11.5 Å². The van der Waals surface area contributed by atoms with Gasteiger partial charge in [-0.15, -0.1) is 0 Å². The average molecular weight is 513 g/mol. The van der Waals surface area contributed by atoms with Crippen LogP contribution in [0, 0.1) is 5.89 Å². The van der Waals surface area contributed by atoms with Crippen LogP contribution < -0.4 is 4.74 Å². The van der Waals surface area contributed by atoms with Crippen molar-refractivity contribution in [3.63, 3.8) is 0 Å². The number of piperidine rings is 1. The van der Waals surface area contributed by atoms with E-state index in [4.69, 9.17) is 17.1 Å². The summed E-state index contributed by atoms with van der Waals surface area (Å²) in [5, 5.41) is 0. The van der Waals surface area contributed by atoms with Crippen LogP contribution in [0.4, 0.5) is 0 Å². The third-order valence-electron chi connectivity index (χ3n) is 7.08. The van der Waals surface area contributed by atoms with E-state index in [9.17, 15) is 8.42 Å². The lowest BCUT2D eigenvalue weighted by Gasteiger charge is -2.45. The molecule has 0 N–H and O–H groups in total. The summed E-state index contributed by atoms with van der Waals surface area (Å²) in [6.45, 7) is -9.54. The lowest BCUT2D eigenvalue weighted by Crippen LogP contribution is -2.50. The van der Waals surface area contributed by atoms with E-state index in [-0.39, 0.29) is 24.6 Å². The van der Waals surface area contributed by atoms with Crippen molar-refractivity contribution in [1.29, 1.82) is 0 Å².